The SMILES string of the molecule is c1cc[c]([Ge]([c]2ccccc2)([c]2ccccc2)[c]2cccc(-c3nc(-c4ccccc4-n4c5ccccc5c5ccccc54)nc(-n4c5ccccc5c5ccccc54)n3)c2)cc1. The van der Waals surface area contributed by atoms with Crippen LogP contribution in [0.1, 0.15) is 0 Å². The summed E-state index contributed by atoms with van der Waals surface area (Å²) in [6.07, 6.45) is 0. The third-order valence-electron chi connectivity index (χ3n) is 12.5. The van der Waals surface area contributed by atoms with Crippen LogP contribution in [-0.2, 0) is 0 Å². The molecule has 0 aliphatic rings. The molecule has 5 nitrogen and oxygen atoms in total. The first kappa shape index (κ1) is 36.9. The van der Waals surface area contributed by atoms with Gasteiger partial charge in [-0.05, 0) is 0 Å². The Hall–Kier alpha value is -7.87. The van der Waals surface area contributed by atoms with Gasteiger partial charge in [0.1, 0.15) is 0 Å². The van der Waals surface area contributed by atoms with Crippen molar-refractivity contribution < 1.29 is 0 Å². The van der Waals surface area contributed by atoms with Crippen LogP contribution in [0.3, 0.4) is 0 Å². The molecule has 0 saturated carbocycles. The predicted molar refractivity (Wildman–Crippen MR) is 263 cm³/mol. The van der Waals surface area contributed by atoms with E-state index in [0.717, 1.165) is 49.7 Å². The van der Waals surface area contributed by atoms with Crippen molar-refractivity contribution in [1.29, 1.82) is 0 Å². The molecule has 296 valence electrons. The second-order valence-electron chi connectivity index (χ2n) is 16.0. The summed E-state index contributed by atoms with van der Waals surface area (Å²) >= 11 is -3.63. The van der Waals surface area contributed by atoms with Gasteiger partial charge in [-0.3, -0.25) is 0 Å². The van der Waals surface area contributed by atoms with E-state index in [1.54, 1.807) is 0 Å². The summed E-state index contributed by atoms with van der Waals surface area (Å²) in [6, 6.07) is 85.2. The third kappa shape index (κ3) is 5.96. The minimum atomic E-state index is -3.63. The molecule has 0 aliphatic carbocycles. The maximum absolute atomic E-state index is 5.49. The van der Waals surface area contributed by atoms with Crippen LogP contribution < -0.4 is 17.6 Å². The zero-order chi connectivity index (χ0) is 41.7. The van der Waals surface area contributed by atoms with Crippen LogP contribution in [0.25, 0.3) is 78.0 Å². The van der Waals surface area contributed by atoms with Crippen molar-refractivity contribution in [1.82, 2.24) is 24.1 Å². The molecule has 3 heterocycles. The van der Waals surface area contributed by atoms with Crippen LogP contribution in [-0.4, -0.2) is 37.4 Å². The fraction of sp³-hybridized carbons (Fsp3) is 0. The molecule has 9 aromatic carbocycles. The molecule has 6 heteroatoms. The zero-order valence-electron chi connectivity index (χ0n) is 34.3. The maximum atomic E-state index is 5.49. The number of hydrogen-bond donors (Lipinski definition) is 0. The van der Waals surface area contributed by atoms with Crippen molar-refractivity contribution in [2.24, 2.45) is 0 Å². The Morgan fingerprint density at radius 2 is 0.698 bits per heavy atom. The second kappa shape index (κ2) is 15.2. The van der Waals surface area contributed by atoms with Crippen LogP contribution in [0, 0.1) is 0 Å². The first-order chi connectivity index (χ1) is 31.3. The molecule has 0 amide bonds. The summed E-state index contributed by atoms with van der Waals surface area (Å²) in [5, 5.41) is 4.70. The summed E-state index contributed by atoms with van der Waals surface area (Å²) in [5.41, 5.74) is 7.18. The standard InChI is InChI=1S/C57H39GeN5/c1-4-22-41(23-5-1)58(42-24-6-2-7-25-42,43-26-8-3-9-27-43)44-28-20-21-40(39-44)55-59-56(61-57(60-55)63-52-36-17-12-31-47(52)48-32-13-18-37-53(48)63)49-33-14-19-38-54(49)62-50-34-15-10-29-45(50)46-30-11-16-35-51(46)62/h1-39H. The van der Waals surface area contributed by atoms with Crippen LogP contribution in [0.5, 0.6) is 0 Å². The average molecular weight is 867 g/mol. The quantitative estimate of drug-likeness (QED) is 0.143. The summed E-state index contributed by atoms with van der Waals surface area (Å²) in [6.45, 7) is 0. The molecule has 12 rings (SSSR count). The number of nitrogens with zero attached hydrogens (tertiary/aromatic N) is 5. The number of benzene rings is 9. The van der Waals surface area contributed by atoms with Crippen LogP contribution >= 0.6 is 0 Å². The van der Waals surface area contributed by atoms with Gasteiger partial charge < -0.3 is 0 Å². The summed E-state index contributed by atoms with van der Waals surface area (Å²) in [4.78, 5) is 16.4. The van der Waals surface area contributed by atoms with Gasteiger partial charge >= 0.3 is 357 Å². The molecular weight excluding hydrogens is 827 g/mol. The van der Waals surface area contributed by atoms with E-state index in [2.05, 4.69) is 246 Å². The fourth-order valence-corrected chi connectivity index (χ4v) is 19.9. The first-order valence-corrected chi connectivity index (χ1v) is 25.6. The van der Waals surface area contributed by atoms with Gasteiger partial charge in [-0.25, -0.2) is 0 Å². The van der Waals surface area contributed by atoms with Gasteiger partial charge in [-0.2, -0.15) is 0 Å². The normalized spacial score (nSPS) is 11.8. The molecule has 0 fully saturated rings. The fourth-order valence-electron chi connectivity index (χ4n) is 9.85. The van der Waals surface area contributed by atoms with Gasteiger partial charge in [0.05, 0.1) is 0 Å². The van der Waals surface area contributed by atoms with Crippen molar-refractivity contribution in [3.8, 4) is 34.4 Å². The zero-order valence-corrected chi connectivity index (χ0v) is 36.4. The van der Waals surface area contributed by atoms with Gasteiger partial charge in [0, 0.05) is 0 Å². The van der Waals surface area contributed by atoms with E-state index >= 15 is 0 Å². The summed E-state index contributed by atoms with van der Waals surface area (Å²) < 4.78 is 9.92. The summed E-state index contributed by atoms with van der Waals surface area (Å²) in [7, 11) is 0. The Balaban J connectivity index is 1.15. The van der Waals surface area contributed by atoms with Crippen LogP contribution in [0.15, 0.2) is 237 Å². The van der Waals surface area contributed by atoms with Gasteiger partial charge in [0.2, 0.25) is 0 Å². The Labute approximate surface area is 367 Å². The molecule has 0 N–H and O–H groups in total. The van der Waals surface area contributed by atoms with Crippen molar-refractivity contribution in [3.05, 3.63) is 237 Å². The van der Waals surface area contributed by atoms with E-state index in [9.17, 15) is 0 Å². The Morgan fingerprint density at radius 3 is 1.21 bits per heavy atom. The molecule has 3 aromatic heterocycles. The first-order valence-electron chi connectivity index (χ1n) is 21.4. The van der Waals surface area contributed by atoms with Crippen molar-refractivity contribution in [3.63, 3.8) is 0 Å². The summed E-state index contributed by atoms with van der Waals surface area (Å²) in [5.74, 6) is 1.78. The Kier molecular flexibility index (Phi) is 8.94. The monoisotopic (exact) mass is 867 g/mol. The second-order valence-corrected chi connectivity index (χ2v) is 24.0. The molecule has 0 unspecified atom stereocenters. The number of aromatic nitrogens is 5. The van der Waals surface area contributed by atoms with Crippen molar-refractivity contribution >= 4 is 74.5 Å². The number of para-hydroxylation sites is 5. The van der Waals surface area contributed by atoms with E-state index in [1.807, 2.05) is 0 Å². The molecular formula is C57H39GeN5. The van der Waals surface area contributed by atoms with E-state index < -0.39 is 13.3 Å². The van der Waals surface area contributed by atoms with E-state index in [4.69, 9.17) is 15.0 Å². The Morgan fingerprint density at radius 1 is 0.302 bits per heavy atom. The molecule has 0 atom stereocenters. The molecule has 0 aliphatic heterocycles. The van der Waals surface area contributed by atoms with Gasteiger partial charge in [-0.1, -0.05) is 12.1 Å². The van der Waals surface area contributed by atoms with Gasteiger partial charge in [-0.15, -0.1) is 0 Å². The third-order valence-corrected chi connectivity index (χ3v) is 22.6. The molecule has 12 aromatic rings. The Bertz CT molecular complexity index is 3430. The van der Waals surface area contributed by atoms with Gasteiger partial charge in [0.25, 0.3) is 0 Å². The topological polar surface area (TPSA) is 48.5 Å². The van der Waals surface area contributed by atoms with E-state index in [0.29, 0.717) is 17.6 Å². The van der Waals surface area contributed by atoms with Crippen molar-refractivity contribution in [2.75, 3.05) is 0 Å². The van der Waals surface area contributed by atoms with Gasteiger partial charge in [0.15, 0.2) is 0 Å². The predicted octanol–water partition coefficient (Wildman–Crippen LogP) is 10.8. The molecule has 0 radical (unpaired) electrons. The number of hydrogen-bond acceptors (Lipinski definition) is 3. The average Bonchev–Trinajstić information content (AvgIpc) is 3.88. The molecule has 0 saturated heterocycles. The number of fused-ring (bicyclic) bond motifs is 6. The molecule has 63 heavy (non-hydrogen) atoms. The minimum absolute atomic E-state index is 0.566. The molecule has 0 bridgehead atoms. The van der Waals surface area contributed by atoms with E-state index in [-0.39, 0.29) is 0 Å². The van der Waals surface area contributed by atoms with Crippen LogP contribution in [0.4, 0.5) is 0 Å². The molecule has 0 spiro atoms. The van der Waals surface area contributed by atoms with Crippen LogP contribution in [0.2, 0.25) is 0 Å². The van der Waals surface area contributed by atoms with E-state index in [1.165, 1.54) is 28.4 Å². The van der Waals surface area contributed by atoms with Crippen molar-refractivity contribution in [2.45, 2.75) is 0 Å². The number of rotatable bonds is 8.